The summed E-state index contributed by atoms with van der Waals surface area (Å²) in [6.07, 6.45) is 2.67. The zero-order valence-corrected chi connectivity index (χ0v) is 18.4. The van der Waals surface area contributed by atoms with Crippen LogP contribution in [0.5, 0.6) is 0 Å². The molecule has 2 atom stereocenters. The van der Waals surface area contributed by atoms with Crippen molar-refractivity contribution in [1.82, 2.24) is 9.80 Å². The van der Waals surface area contributed by atoms with Crippen molar-refractivity contribution in [3.63, 3.8) is 0 Å². The van der Waals surface area contributed by atoms with E-state index in [0.29, 0.717) is 5.69 Å². The second-order valence-corrected chi connectivity index (χ2v) is 10.3. The highest BCUT2D eigenvalue weighted by Gasteiger charge is 2.33. The van der Waals surface area contributed by atoms with Gasteiger partial charge in [-0.05, 0) is 55.6 Å². The maximum absolute atomic E-state index is 13.2. The van der Waals surface area contributed by atoms with Crippen molar-refractivity contribution < 1.29 is 13.2 Å². The number of benzene rings is 2. The lowest BCUT2D eigenvalue weighted by atomic mass is 10.0. The summed E-state index contributed by atoms with van der Waals surface area (Å²) in [6.45, 7) is 4.66. The van der Waals surface area contributed by atoms with Crippen molar-refractivity contribution in [3.8, 4) is 0 Å². The Hall–Kier alpha value is -2.38. The smallest absolute Gasteiger partial charge is 0.239 e. The van der Waals surface area contributed by atoms with E-state index < -0.39 is 15.3 Å². The molecule has 2 aliphatic rings. The minimum atomic E-state index is -3.36. The van der Waals surface area contributed by atoms with Gasteiger partial charge in [0.05, 0.1) is 18.2 Å². The molecule has 0 saturated carbocycles. The first-order valence-corrected chi connectivity index (χ1v) is 12.1. The first-order valence-electron chi connectivity index (χ1n) is 10.5. The molecular weight excluding hydrogens is 398 g/mol. The Labute approximate surface area is 178 Å². The summed E-state index contributed by atoms with van der Waals surface area (Å²) in [5, 5.41) is -0.604. The molecule has 2 heterocycles. The minimum absolute atomic E-state index is 0.00723. The van der Waals surface area contributed by atoms with Crippen molar-refractivity contribution in [2.45, 2.75) is 37.5 Å². The molecule has 2 unspecified atom stereocenters. The molecule has 2 aromatic carbocycles. The van der Waals surface area contributed by atoms with Crippen LogP contribution in [0.2, 0.25) is 0 Å². The maximum atomic E-state index is 13.2. The lowest BCUT2D eigenvalue weighted by molar-refractivity contribution is -0.131. The average molecular weight is 428 g/mol. The fourth-order valence-corrected chi connectivity index (χ4v) is 5.57. The number of nitrogens with zero attached hydrogens (tertiary/aromatic N) is 2. The van der Waals surface area contributed by atoms with Crippen molar-refractivity contribution in [2.24, 2.45) is 0 Å². The fourth-order valence-electron chi connectivity index (χ4n) is 4.37. The van der Waals surface area contributed by atoms with Crippen molar-refractivity contribution >= 4 is 21.6 Å². The molecule has 0 spiro atoms. The number of rotatable bonds is 6. The Bertz CT molecular complexity index is 1020. The molecule has 0 aromatic heterocycles. The number of carbonyl (C=O) groups excluding carboxylic acids is 1. The van der Waals surface area contributed by atoms with Crippen LogP contribution in [0.25, 0.3) is 0 Å². The largest absolute Gasteiger partial charge is 0.337 e. The Morgan fingerprint density at radius 2 is 1.87 bits per heavy atom. The number of likely N-dealkylation sites (tertiary alicyclic amines) is 1. The molecule has 1 amide bonds. The monoisotopic (exact) mass is 427 g/mol. The molecule has 2 aliphatic heterocycles. The highest BCUT2D eigenvalue weighted by Crippen LogP contribution is 2.37. The van der Waals surface area contributed by atoms with Crippen LogP contribution in [-0.2, 0) is 21.2 Å². The Balaban J connectivity index is 1.52. The zero-order valence-electron chi connectivity index (χ0n) is 17.5. The number of anilines is 1. The predicted molar refractivity (Wildman–Crippen MR) is 119 cm³/mol. The van der Waals surface area contributed by atoms with Gasteiger partial charge in [-0.1, -0.05) is 42.5 Å². The van der Waals surface area contributed by atoms with Gasteiger partial charge in [0.2, 0.25) is 15.9 Å². The van der Waals surface area contributed by atoms with Crippen molar-refractivity contribution in [1.29, 1.82) is 0 Å². The molecule has 30 heavy (non-hydrogen) atoms. The number of carbonyl (C=O) groups is 1. The summed E-state index contributed by atoms with van der Waals surface area (Å²) < 4.78 is 26.7. The number of fused-ring (bicyclic) bond motifs is 1. The molecule has 2 aromatic rings. The van der Waals surface area contributed by atoms with Crippen molar-refractivity contribution in [3.05, 3.63) is 65.2 Å². The lowest BCUT2D eigenvalue weighted by Gasteiger charge is -2.32. The SMILES string of the molecule is CC1c2cc(CC(=O)N(C)C(CN3CCCC3)c3ccccc3)ccc2NS1(=O)=O. The topological polar surface area (TPSA) is 69.7 Å². The Kier molecular flexibility index (Phi) is 5.84. The summed E-state index contributed by atoms with van der Waals surface area (Å²) in [7, 11) is -1.49. The van der Waals surface area contributed by atoms with Gasteiger partial charge in [-0.3, -0.25) is 9.52 Å². The number of hydrogen-bond donors (Lipinski definition) is 1. The van der Waals surface area contributed by atoms with Gasteiger partial charge < -0.3 is 9.80 Å². The fraction of sp³-hybridized carbons (Fsp3) is 0.435. The Morgan fingerprint density at radius 1 is 1.17 bits per heavy atom. The van der Waals surface area contributed by atoms with Gasteiger partial charge in [0.15, 0.2) is 0 Å². The highest BCUT2D eigenvalue weighted by molar-refractivity contribution is 7.93. The van der Waals surface area contributed by atoms with E-state index in [1.807, 2.05) is 42.3 Å². The summed E-state index contributed by atoms with van der Waals surface area (Å²) in [6, 6.07) is 15.6. The molecule has 4 rings (SSSR count). The van der Waals surface area contributed by atoms with Crippen LogP contribution >= 0.6 is 0 Å². The summed E-state index contributed by atoms with van der Waals surface area (Å²) >= 11 is 0. The third kappa shape index (κ3) is 4.23. The second-order valence-electron chi connectivity index (χ2n) is 8.33. The second kappa shape index (κ2) is 8.40. The normalized spacial score (nSPS) is 21.1. The van der Waals surface area contributed by atoms with Gasteiger partial charge in [0.1, 0.15) is 5.25 Å². The van der Waals surface area contributed by atoms with Crippen LogP contribution in [-0.4, -0.2) is 50.8 Å². The van der Waals surface area contributed by atoms with E-state index >= 15 is 0 Å². The van der Waals surface area contributed by atoms with Crippen LogP contribution in [0, 0.1) is 0 Å². The van der Waals surface area contributed by atoms with E-state index in [1.165, 1.54) is 12.8 Å². The number of sulfonamides is 1. The third-order valence-corrected chi connectivity index (χ3v) is 7.99. The summed E-state index contributed by atoms with van der Waals surface area (Å²) in [4.78, 5) is 17.5. The number of likely N-dealkylation sites (N-methyl/N-ethyl adjacent to an activating group) is 1. The lowest BCUT2D eigenvalue weighted by Crippen LogP contribution is -2.39. The van der Waals surface area contributed by atoms with Gasteiger partial charge in [-0.25, -0.2) is 8.42 Å². The summed E-state index contributed by atoms with van der Waals surface area (Å²) in [5.41, 5.74) is 3.32. The van der Waals surface area contributed by atoms with Gasteiger partial charge in [-0.15, -0.1) is 0 Å². The Morgan fingerprint density at radius 3 is 2.57 bits per heavy atom. The van der Waals surface area contributed by atoms with Crippen LogP contribution in [0.3, 0.4) is 0 Å². The average Bonchev–Trinajstić information content (AvgIpc) is 3.33. The van der Waals surface area contributed by atoms with Gasteiger partial charge in [0.25, 0.3) is 0 Å². The van der Waals surface area contributed by atoms with Crippen LogP contribution in [0.15, 0.2) is 48.5 Å². The molecule has 6 nitrogen and oxygen atoms in total. The standard InChI is InChI=1S/C23H29N3O3S/c1-17-20-14-18(10-11-21(20)24-30(17,28)29)15-23(27)25(2)22(16-26-12-6-7-13-26)19-8-4-3-5-9-19/h3-5,8-11,14,17,22,24H,6-7,12-13,15-16H2,1-2H3. The van der Waals surface area contributed by atoms with Crippen LogP contribution in [0.1, 0.15) is 47.7 Å². The van der Waals surface area contributed by atoms with E-state index in [9.17, 15) is 13.2 Å². The van der Waals surface area contributed by atoms with Gasteiger partial charge in [-0.2, -0.15) is 0 Å². The van der Waals surface area contributed by atoms with Crippen molar-refractivity contribution in [2.75, 3.05) is 31.4 Å². The molecule has 1 saturated heterocycles. The minimum Gasteiger partial charge on any atom is -0.337 e. The van der Waals surface area contributed by atoms with E-state index in [4.69, 9.17) is 0 Å². The van der Waals surface area contributed by atoms with E-state index in [-0.39, 0.29) is 18.4 Å². The van der Waals surface area contributed by atoms with Gasteiger partial charge >= 0.3 is 0 Å². The predicted octanol–water partition coefficient (Wildman–Crippen LogP) is 3.34. The number of hydrogen-bond acceptors (Lipinski definition) is 4. The third-order valence-electron chi connectivity index (χ3n) is 6.30. The molecule has 0 bridgehead atoms. The molecule has 1 fully saturated rings. The van der Waals surface area contributed by atoms with Crippen LogP contribution < -0.4 is 4.72 Å². The molecular formula is C23H29N3O3S. The number of nitrogens with one attached hydrogen (secondary N) is 1. The maximum Gasteiger partial charge on any atom is 0.239 e. The molecule has 160 valence electrons. The first-order chi connectivity index (χ1) is 14.3. The first kappa shape index (κ1) is 20.9. The van der Waals surface area contributed by atoms with Crippen LogP contribution in [0.4, 0.5) is 5.69 Å². The molecule has 7 heteroatoms. The van der Waals surface area contributed by atoms with E-state index in [2.05, 4.69) is 21.8 Å². The number of amides is 1. The molecule has 0 aliphatic carbocycles. The molecule has 1 N–H and O–H groups in total. The zero-order chi connectivity index (χ0) is 21.3. The molecule has 0 radical (unpaired) electrons. The van der Waals surface area contributed by atoms with E-state index in [0.717, 1.165) is 36.3 Å². The van der Waals surface area contributed by atoms with Gasteiger partial charge in [0, 0.05) is 13.6 Å². The van der Waals surface area contributed by atoms with E-state index in [1.54, 1.807) is 13.0 Å². The summed E-state index contributed by atoms with van der Waals surface area (Å²) in [5.74, 6) is 0.0319. The quantitative estimate of drug-likeness (QED) is 0.768. The highest BCUT2D eigenvalue weighted by atomic mass is 32.2.